The van der Waals surface area contributed by atoms with Gasteiger partial charge in [-0.15, -0.1) is 0 Å². The Morgan fingerprint density at radius 1 is 0.909 bits per heavy atom. The highest BCUT2D eigenvalue weighted by atomic mass is 16.7. The maximum atomic E-state index is 14.2. The summed E-state index contributed by atoms with van der Waals surface area (Å²) in [4.78, 5) is 57.4. The van der Waals surface area contributed by atoms with E-state index in [0.29, 0.717) is 44.9 Å². The van der Waals surface area contributed by atoms with Crippen LogP contribution in [0.15, 0.2) is 23.4 Å². The minimum atomic E-state index is -2.48. The van der Waals surface area contributed by atoms with Crippen molar-refractivity contribution in [3.8, 4) is 0 Å². The number of carbonyl (C=O) groups excluding carboxylic acids is 4. The van der Waals surface area contributed by atoms with Crippen LogP contribution in [-0.4, -0.2) is 109 Å². The number of aliphatic hydroxyl groups is 2. The van der Waals surface area contributed by atoms with Gasteiger partial charge in [0.1, 0.15) is 23.7 Å². The highest BCUT2D eigenvalue weighted by Crippen LogP contribution is 2.39. The van der Waals surface area contributed by atoms with Gasteiger partial charge in [0, 0.05) is 46.1 Å². The molecule has 0 aromatic heterocycles. The van der Waals surface area contributed by atoms with Crippen molar-refractivity contribution in [1.82, 2.24) is 4.90 Å². The lowest BCUT2D eigenvalue weighted by atomic mass is 9.80. The van der Waals surface area contributed by atoms with E-state index in [1.54, 1.807) is 34.3 Å². The van der Waals surface area contributed by atoms with Crippen molar-refractivity contribution in [3.05, 3.63) is 23.4 Å². The van der Waals surface area contributed by atoms with Crippen molar-refractivity contribution in [2.45, 2.75) is 161 Å². The van der Waals surface area contributed by atoms with Crippen LogP contribution in [0.4, 0.5) is 0 Å². The maximum Gasteiger partial charge on any atom is 0.355 e. The number of Topliss-reactive ketones (excluding diaryl/α,β-unsaturated/α-hetero) is 2. The predicted molar refractivity (Wildman–Crippen MR) is 206 cm³/mol. The number of aliphatic hydroxyl groups excluding tert-OH is 1. The Labute approximate surface area is 328 Å². The highest BCUT2D eigenvalue weighted by molar-refractivity contribution is 6.39. The molecule has 55 heavy (non-hydrogen) atoms. The van der Waals surface area contributed by atoms with Gasteiger partial charge in [0.25, 0.3) is 11.7 Å². The summed E-state index contributed by atoms with van der Waals surface area (Å²) in [6.07, 6.45) is 7.10. The van der Waals surface area contributed by atoms with Gasteiger partial charge in [-0.3, -0.25) is 19.3 Å². The third-order valence-electron chi connectivity index (χ3n) is 12.8. The SMILES string of the molecule is CCC1CC(C)CC(C)CC(OC)C2OC(O)(C(=O)C(=O)N3CCCC=C3C(=O)OC(C(C)=CC3CC[C@H](O)C(OC)C3)C(C)CCC1=O)C(C)CC2OC. The molecule has 1 aliphatic carbocycles. The number of ketones is 2. The fourth-order valence-corrected chi connectivity index (χ4v) is 9.49. The van der Waals surface area contributed by atoms with Crippen LogP contribution in [0.5, 0.6) is 0 Å². The first-order valence-electron chi connectivity index (χ1n) is 20.7. The Kier molecular flexibility index (Phi) is 16.7. The number of nitrogens with zero attached hydrogens (tertiary/aromatic N) is 1. The molecule has 1 saturated carbocycles. The number of hydrogen-bond acceptors (Lipinski definition) is 11. The molecular weight excluding hydrogens is 706 g/mol. The number of rotatable bonds is 6. The normalized spacial score (nSPS) is 39.8. The van der Waals surface area contributed by atoms with Crippen LogP contribution >= 0.6 is 0 Å². The van der Waals surface area contributed by atoms with Gasteiger partial charge in [0.2, 0.25) is 5.79 Å². The van der Waals surface area contributed by atoms with Crippen LogP contribution in [-0.2, 0) is 42.9 Å². The lowest BCUT2D eigenvalue weighted by Gasteiger charge is -2.46. The quantitative estimate of drug-likeness (QED) is 0.194. The summed E-state index contributed by atoms with van der Waals surface area (Å²) in [5.74, 6) is -5.91. The number of cyclic esters (lactones) is 1. The Morgan fingerprint density at radius 3 is 2.22 bits per heavy atom. The molecule has 0 spiro atoms. The standard InChI is InChI=1S/C43H69NO11/c1-10-31-20-25(2)19-26(3)21-36(52-8)39-37(53-9)23-29(6)43(50,55-39)40(47)41(48)44-18-12-11-13-32(44)42(49)54-38(27(4)14-16-33(31)45)28(5)22-30-15-17-34(46)35(24-30)51-7/h13,22,25-27,29-31,34-39,46,50H,10-12,14-21,23-24H2,1-9H3/t25?,26?,27?,29?,30?,31?,34-,35?,36?,37?,38?,39?,43?/m0/s1. The highest BCUT2D eigenvalue weighted by Gasteiger charge is 2.56. The molecule has 1 amide bonds. The van der Waals surface area contributed by atoms with E-state index in [2.05, 4.69) is 26.8 Å². The summed E-state index contributed by atoms with van der Waals surface area (Å²) in [5.41, 5.74) is 0.756. The second kappa shape index (κ2) is 20.3. The molecule has 3 heterocycles. The molecule has 12 nitrogen and oxygen atoms in total. The molecule has 12 heteroatoms. The van der Waals surface area contributed by atoms with Crippen molar-refractivity contribution in [2.24, 2.45) is 35.5 Å². The number of carbonyl (C=O) groups is 4. The first kappa shape index (κ1) is 45.2. The fourth-order valence-electron chi connectivity index (χ4n) is 9.49. The Hall–Kier alpha value is -2.48. The van der Waals surface area contributed by atoms with E-state index >= 15 is 0 Å². The summed E-state index contributed by atoms with van der Waals surface area (Å²) >= 11 is 0. The third-order valence-corrected chi connectivity index (χ3v) is 12.8. The molecule has 4 rings (SSSR count). The van der Waals surface area contributed by atoms with E-state index in [4.69, 9.17) is 23.7 Å². The van der Waals surface area contributed by atoms with E-state index in [1.165, 1.54) is 0 Å². The molecule has 312 valence electrons. The van der Waals surface area contributed by atoms with Crippen molar-refractivity contribution in [3.63, 3.8) is 0 Å². The molecular formula is C43H69NO11. The molecule has 2 saturated heterocycles. The molecule has 0 aromatic rings. The van der Waals surface area contributed by atoms with Gasteiger partial charge in [-0.05, 0) is 107 Å². The van der Waals surface area contributed by atoms with E-state index in [1.807, 2.05) is 13.8 Å². The number of fused-ring (bicyclic) bond motifs is 3. The van der Waals surface area contributed by atoms with Crippen LogP contribution in [0.1, 0.15) is 119 Å². The van der Waals surface area contributed by atoms with Crippen molar-refractivity contribution in [1.29, 1.82) is 0 Å². The summed E-state index contributed by atoms with van der Waals surface area (Å²) in [5, 5.41) is 22.4. The first-order valence-corrected chi connectivity index (χ1v) is 20.7. The number of allylic oxidation sites excluding steroid dienone is 2. The van der Waals surface area contributed by atoms with Crippen molar-refractivity contribution < 1.29 is 53.1 Å². The minimum absolute atomic E-state index is 0.0567. The van der Waals surface area contributed by atoms with Gasteiger partial charge >= 0.3 is 5.97 Å². The molecule has 0 radical (unpaired) electrons. The number of ether oxygens (including phenoxy) is 5. The number of methoxy groups -OCH3 is 3. The molecule has 13 atom stereocenters. The van der Waals surface area contributed by atoms with Gasteiger partial charge in [-0.1, -0.05) is 46.8 Å². The monoisotopic (exact) mass is 775 g/mol. The van der Waals surface area contributed by atoms with Crippen LogP contribution in [0, 0.1) is 35.5 Å². The Bertz CT molecular complexity index is 1400. The minimum Gasteiger partial charge on any atom is -0.453 e. The van der Waals surface area contributed by atoms with Crippen LogP contribution in [0.2, 0.25) is 0 Å². The zero-order valence-electron chi connectivity index (χ0n) is 34.8. The Balaban J connectivity index is 1.72. The predicted octanol–water partition coefficient (Wildman–Crippen LogP) is 5.71. The summed E-state index contributed by atoms with van der Waals surface area (Å²) < 4.78 is 29.8. The summed E-state index contributed by atoms with van der Waals surface area (Å²) in [7, 11) is 4.70. The van der Waals surface area contributed by atoms with Gasteiger partial charge in [0.05, 0.1) is 24.4 Å². The summed E-state index contributed by atoms with van der Waals surface area (Å²) in [6, 6.07) is 0. The zero-order valence-corrected chi connectivity index (χ0v) is 34.8. The van der Waals surface area contributed by atoms with Crippen molar-refractivity contribution >= 4 is 23.4 Å². The molecule has 2 N–H and O–H groups in total. The van der Waals surface area contributed by atoms with E-state index in [9.17, 15) is 29.4 Å². The average molecular weight is 776 g/mol. The topological polar surface area (TPSA) is 158 Å². The van der Waals surface area contributed by atoms with Gasteiger partial charge in [-0.25, -0.2) is 4.79 Å². The van der Waals surface area contributed by atoms with Crippen LogP contribution in [0.25, 0.3) is 0 Å². The lowest BCUT2D eigenvalue weighted by Crippen LogP contribution is -2.63. The van der Waals surface area contributed by atoms with Gasteiger partial charge in [-0.2, -0.15) is 0 Å². The molecule has 3 fully saturated rings. The third kappa shape index (κ3) is 10.9. The van der Waals surface area contributed by atoms with Crippen LogP contribution in [0.3, 0.4) is 0 Å². The van der Waals surface area contributed by atoms with Gasteiger partial charge < -0.3 is 33.9 Å². The second-order valence-corrected chi connectivity index (χ2v) is 17.1. The van der Waals surface area contributed by atoms with E-state index in [-0.39, 0.29) is 60.1 Å². The van der Waals surface area contributed by atoms with Gasteiger partial charge in [0.15, 0.2) is 0 Å². The molecule has 0 aromatic carbocycles. The Morgan fingerprint density at radius 2 is 1.56 bits per heavy atom. The van der Waals surface area contributed by atoms with E-state index in [0.717, 1.165) is 36.2 Å². The fraction of sp³-hybridized carbons (Fsp3) is 0.814. The second-order valence-electron chi connectivity index (χ2n) is 17.1. The first-order chi connectivity index (χ1) is 26.1. The number of esters is 1. The molecule has 12 unspecified atom stereocenters. The summed E-state index contributed by atoms with van der Waals surface area (Å²) in [6.45, 7) is 12.0. The molecule has 3 aliphatic heterocycles. The average Bonchev–Trinajstić information content (AvgIpc) is 3.17. The molecule has 2 bridgehead atoms. The zero-order chi connectivity index (χ0) is 40.6. The van der Waals surface area contributed by atoms with E-state index < -0.39 is 59.9 Å². The smallest absolute Gasteiger partial charge is 0.355 e. The maximum absolute atomic E-state index is 14.2. The van der Waals surface area contributed by atoms with Crippen molar-refractivity contribution in [2.75, 3.05) is 27.9 Å². The number of hydrogen-bond donors (Lipinski definition) is 2. The number of amides is 1. The van der Waals surface area contributed by atoms with Crippen LogP contribution < -0.4 is 0 Å². The largest absolute Gasteiger partial charge is 0.453 e. The molecule has 4 aliphatic rings. The lowest BCUT2D eigenvalue weighted by molar-refractivity contribution is -0.302.